The molecule has 0 saturated heterocycles. The summed E-state index contributed by atoms with van der Waals surface area (Å²) in [6.45, 7) is 9.05. The van der Waals surface area contributed by atoms with E-state index in [0.29, 0.717) is 5.69 Å². The number of nitrogens with one attached hydrogen (secondary N) is 1. The van der Waals surface area contributed by atoms with Crippen LogP contribution in [0.25, 0.3) is 27.0 Å². The van der Waals surface area contributed by atoms with Crippen LogP contribution in [0, 0.1) is 13.5 Å². The molecule has 4 nitrogen and oxygen atoms in total. The maximum Gasteiger partial charge on any atom is 0.192 e. The predicted octanol–water partition coefficient (Wildman–Crippen LogP) is 3.48. The molecule has 1 N–H and O–H groups in total. The summed E-state index contributed by atoms with van der Waals surface area (Å²) in [6, 6.07) is 7.69. The second-order valence-corrected chi connectivity index (χ2v) is 4.10. The quantitative estimate of drug-likeness (QED) is 0.655. The van der Waals surface area contributed by atoms with Crippen LogP contribution in [-0.4, -0.2) is 15.2 Å². The van der Waals surface area contributed by atoms with Crippen LogP contribution in [0.3, 0.4) is 0 Å². The summed E-state index contributed by atoms with van der Waals surface area (Å²) in [5, 5.41) is 8.33. The Balaban J connectivity index is 2.28. The van der Waals surface area contributed by atoms with Gasteiger partial charge < -0.3 is 0 Å². The summed E-state index contributed by atoms with van der Waals surface area (Å²) >= 11 is 0. The SMILES string of the molecule is [C-]#[N+]c1cc2[nH]nc(-c3ccncc3)c2cc1C. The number of H-pyrrole nitrogens is 1. The fourth-order valence-electron chi connectivity index (χ4n) is 2.01. The topological polar surface area (TPSA) is 45.9 Å². The maximum absolute atomic E-state index is 7.11. The summed E-state index contributed by atoms with van der Waals surface area (Å²) in [4.78, 5) is 7.50. The van der Waals surface area contributed by atoms with Gasteiger partial charge >= 0.3 is 0 Å². The summed E-state index contributed by atoms with van der Waals surface area (Å²) in [7, 11) is 0. The number of aromatic amines is 1. The summed E-state index contributed by atoms with van der Waals surface area (Å²) in [6.07, 6.45) is 3.49. The molecule has 86 valence electrons. The van der Waals surface area contributed by atoms with Crippen LogP contribution in [0.1, 0.15) is 5.56 Å². The van der Waals surface area contributed by atoms with Gasteiger partial charge in [-0.1, -0.05) is 6.07 Å². The van der Waals surface area contributed by atoms with Gasteiger partial charge in [-0.2, -0.15) is 5.10 Å². The first-order valence-electron chi connectivity index (χ1n) is 5.56. The normalized spacial score (nSPS) is 10.4. The second-order valence-electron chi connectivity index (χ2n) is 4.10. The van der Waals surface area contributed by atoms with Crippen LogP contribution in [-0.2, 0) is 0 Å². The molecule has 2 aromatic heterocycles. The lowest BCUT2D eigenvalue weighted by Gasteiger charge is -2.00. The average molecular weight is 234 g/mol. The minimum absolute atomic E-state index is 0.660. The van der Waals surface area contributed by atoms with Crippen molar-refractivity contribution in [3.63, 3.8) is 0 Å². The van der Waals surface area contributed by atoms with Gasteiger partial charge in [0.25, 0.3) is 0 Å². The first-order valence-corrected chi connectivity index (χ1v) is 5.56. The van der Waals surface area contributed by atoms with Crippen molar-refractivity contribution < 1.29 is 0 Å². The Labute approximate surface area is 104 Å². The van der Waals surface area contributed by atoms with Crippen molar-refractivity contribution >= 4 is 16.6 Å². The highest BCUT2D eigenvalue weighted by Gasteiger charge is 2.10. The Hall–Kier alpha value is -2.67. The highest BCUT2D eigenvalue weighted by molar-refractivity contribution is 5.95. The molecule has 3 rings (SSSR count). The van der Waals surface area contributed by atoms with Gasteiger partial charge in [0.1, 0.15) is 0 Å². The number of aryl methyl sites for hydroxylation is 1. The number of aromatic nitrogens is 3. The fraction of sp³-hybridized carbons (Fsp3) is 0.0714. The number of nitrogens with zero attached hydrogens (tertiary/aromatic N) is 3. The third kappa shape index (κ3) is 1.54. The fourth-order valence-corrected chi connectivity index (χ4v) is 2.01. The summed E-state index contributed by atoms with van der Waals surface area (Å²) in [5.41, 5.74) is 4.43. The van der Waals surface area contributed by atoms with Crippen molar-refractivity contribution in [1.82, 2.24) is 15.2 Å². The molecule has 2 heterocycles. The molecule has 0 amide bonds. The third-order valence-electron chi connectivity index (χ3n) is 2.95. The highest BCUT2D eigenvalue weighted by Crippen LogP contribution is 2.30. The van der Waals surface area contributed by atoms with E-state index in [0.717, 1.165) is 27.7 Å². The monoisotopic (exact) mass is 234 g/mol. The van der Waals surface area contributed by atoms with E-state index in [4.69, 9.17) is 6.57 Å². The summed E-state index contributed by atoms with van der Waals surface area (Å²) in [5.74, 6) is 0. The lowest BCUT2D eigenvalue weighted by molar-refractivity contribution is 1.12. The van der Waals surface area contributed by atoms with Crippen molar-refractivity contribution in [2.24, 2.45) is 0 Å². The molecule has 0 bridgehead atoms. The second kappa shape index (κ2) is 3.97. The van der Waals surface area contributed by atoms with Crippen LogP contribution < -0.4 is 0 Å². The number of hydrogen-bond donors (Lipinski definition) is 1. The molecule has 0 fully saturated rings. The molecule has 0 unspecified atom stereocenters. The number of fused-ring (bicyclic) bond motifs is 1. The zero-order chi connectivity index (χ0) is 12.5. The van der Waals surface area contributed by atoms with Gasteiger partial charge in [-0.3, -0.25) is 10.1 Å². The predicted molar refractivity (Wildman–Crippen MR) is 70.3 cm³/mol. The smallest absolute Gasteiger partial charge is 0.192 e. The maximum atomic E-state index is 7.11. The molecule has 0 saturated carbocycles. The van der Waals surface area contributed by atoms with Gasteiger partial charge in [0.05, 0.1) is 17.8 Å². The van der Waals surface area contributed by atoms with Crippen LogP contribution in [0.2, 0.25) is 0 Å². The molecule has 0 aliphatic rings. The molecule has 0 radical (unpaired) electrons. The molecule has 1 aromatic carbocycles. The standard InChI is InChI=1S/C14H10N4/c1-9-7-11-13(8-12(9)15-2)17-18-14(11)10-3-5-16-6-4-10/h3-8H,1H3,(H,17,18). The van der Waals surface area contributed by atoms with E-state index >= 15 is 0 Å². The first kappa shape index (κ1) is 10.5. The van der Waals surface area contributed by atoms with E-state index in [-0.39, 0.29) is 0 Å². The van der Waals surface area contributed by atoms with Crippen molar-refractivity contribution in [1.29, 1.82) is 0 Å². The van der Waals surface area contributed by atoms with Crippen molar-refractivity contribution in [2.45, 2.75) is 6.92 Å². The van der Waals surface area contributed by atoms with Crippen LogP contribution in [0.5, 0.6) is 0 Å². The van der Waals surface area contributed by atoms with Gasteiger partial charge in [0.2, 0.25) is 0 Å². The number of rotatable bonds is 1. The number of benzene rings is 1. The largest absolute Gasteiger partial charge is 0.278 e. The molecular formula is C14H10N4. The summed E-state index contributed by atoms with van der Waals surface area (Å²) < 4.78 is 0. The van der Waals surface area contributed by atoms with Crippen LogP contribution in [0.4, 0.5) is 5.69 Å². The molecule has 0 aliphatic heterocycles. The van der Waals surface area contributed by atoms with Gasteiger partial charge in [-0.05, 0) is 30.7 Å². The minimum Gasteiger partial charge on any atom is -0.278 e. The third-order valence-corrected chi connectivity index (χ3v) is 2.95. The Morgan fingerprint density at radius 1 is 1.22 bits per heavy atom. The first-order chi connectivity index (χ1) is 8.79. The Bertz CT molecular complexity index is 751. The molecule has 0 atom stereocenters. The lowest BCUT2D eigenvalue weighted by atomic mass is 10.1. The van der Waals surface area contributed by atoms with Gasteiger partial charge in [0, 0.05) is 23.3 Å². The molecule has 0 spiro atoms. The zero-order valence-electron chi connectivity index (χ0n) is 9.81. The number of hydrogen-bond acceptors (Lipinski definition) is 2. The molecule has 3 aromatic rings. The van der Waals surface area contributed by atoms with E-state index in [1.165, 1.54) is 0 Å². The van der Waals surface area contributed by atoms with Gasteiger partial charge in [-0.25, -0.2) is 4.85 Å². The Morgan fingerprint density at radius 3 is 2.72 bits per heavy atom. The van der Waals surface area contributed by atoms with Crippen LogP contribution >= 0.6 is 0 Å². The van der Waals surface area contributed by atoms with E-state index in [9.17, 15) is 0 Å². The van der Waals surface area contributed by atoms with Gasteiger partial charge in [-0.15, -0.1) is 0 Å². The van der Waals surface area contributed by atoms with E-state index in [2.05, 4.69) is 20.0 Å². The van der Waals surface area contributed by atoms with Crippen molar-refractivity contribution in [2.75, 3.05) is 0 Å². The highest BCUT2D eigenvalue weighted by atomic mass is 15.1. The molecule has 4 heteroatoms. The Kier molecular flexibility index (Phi) is 2.31. The van der Waals surface area contributed by atoms with Crippen molar-refractivity contribution in [3.05, 3.63) is 53.6 Å². The molecular weight excluding hydrogens is 224 g/mol. The van der Waals surface area contributed by atoms with Crippen LogP contribution in [0.15, 0.2) is 36.7 Å². The average Bonchev–Trinajstić information content (AvgIpc) is 2.81. The molecule has 0 aliphatic carbocycles. The Morgan fingerprint density at radius 2 is 2.00 bits per heavy atom. The van der Waals surface area contributed by atoms with Crippen molar-refractivity contribution in [3.8, 4) is 11.3 Å². The molecule has 18 heavy (non-hydrogen) atoms. The lowest BCUT2D eigenvalue weighted by Crippen LogP contribution is -1.80. The van der Waals surface area contributed by atoms with E-state index in [1.54, 1.807) is 12.4 Å². The van der Waals surface area contributed by atoms with Gasteiger partial charge in [0.15, 0.2) is 5.69 Å². The van der Waals surface area contributed by atoms with E-state index in [1.807, 2.05) is 31.2 Å². The van der Waals surface area contributed by atoms with E-state index < -0.39 is 0 Å². The number of pyridine rings is 1. The zero-order valence-corrected chi connectivity index (χ0v) is 9.81. The minimum atomic E-state index is 0.660.